The van der Waals surface area contributed by atoms with Crippen LogP contribution >= 0.6 is 0 Å². The molecule has 0 spiro atoms. The average molecular weight is 284 g/mol. The lowest BCUT2D eigenvalue weighted by molar-refractivity contribution is -0.384. The molecule has 1 atom stereocenters. The standard InChI is InChI=1S/C11H12N2O7/c1-20-9-3-2-6(13(18)19)4-7(9)10(15)12-5-8(14)11(16)17/h2-4,8,14H,5H2,1H3,(H,12,15)(H,16,17)/t8-/m0/s1. The van der Waals surface area contributed by atoms with Crippen LogP contribution in [-0.4, -0.2) is 46.8 Å². The second-order valence-electron chi connectivity index (χ2n) is 3.71. The van der Waals surface area contributed by atoms with Gasteiger partial charge < -0.3 is 20.3 Å². The minimum atomic E-state index is -1.76. The Morgan fingerprint density at radius 2 is 2.15 bits per heavy atom. The van der Waals surface area contributed by atoms with Gasteiger partial charge in [-0.2, -0.15) is 0 Å². The number of nitro benzene ring substituents is 1. The van der Waals surface area contributed by atoms with Crippen LogP contribution < -0.4 is 10.1 Å². The second-order valence-corrected chi connectivity index (χ2v) is 3.71. The predicted molar refractivity (Wildman–Crippen MR) is 65.6 cm³/mol. The molecular formula is C11H12N2O7. The van der Waals surface area contributed by atoms with E-state index in [0.717, 1.165) is 6.07 Å². The Morgan fingerprint density at radius 3 is 2.65 bits per heavy atom. The van der Waals surface area contributed by atoms with Crippen LogP contribution in [-0.2, 0) is 4.79 Å². The van der Waals surface area contributed by atoms with E-state index in [9.17, 15) is 19.7 Å². The Balaban J connectivity index is 2.93. The maximum Gasteiger partial charge on any atom is 0.334 e. The van der Waals surface area contributed by atoms with Crippen LogP contribution in [0.3, 0.4) is 0 Å². The van der Waals surface area contributed by atoms with Crippen molar-refractivity contribution < 1.29 is 29.5 Å². The lowest BCUT2D eigenvalue weighted by atomic mass is 10.1. The number of amides is 1. The maximum absolute atomic E-state index is 11.8. The number of aliphatic hydroxyl groups excluding tert-OH is 1. The first-order valence-corrected chi connectivity index (χ1v) is 5.38. The van der Waals surface area contributed by atoms with Gasteiger partial charge >= 0.3 is 5.97 Å². The zero-order chi connectivity index (χ0) is 15.3. The second kappa shape index (κ2) is 6.48. The Morgan fingerprint density at radius 1 is 1.50 bits per heavy atom. The third kappa shape index (κ3) is 3.65. The van der Waals surface area contributed by atoms with Gasteiger partial charge in [-0.25, -0.2) is 4.79 Å². The first-order valence-electron chi connectivity index (χ1n) is 5.38. The molecule has 0 aliphatic rings. The molecule has 0 bridgehead atoms. The van der Waals surface area contributed by atoms with E-state index in [1.165, 1.54) is 19.2 Å². The predicted octanol–water partition coefficient (Wildman–Crippen LogP) is -0.221. The van der Waals surface area contributed by atoms with Crippen molar-refractivity contribution in [1.29, 1.82) is 0 Å². The number of nitrogens with zero attached hydrogens (tertiary/aromatic N) is 1. The molecule has 1 rings (SSSR count). The quantitative estimate of drug-likeness (QED) is 0.484. The van der Waals surface area contributed by atoms with Crippen molar-refractivity contribution >= 4 is 17.6 Å². The number of hydrogen-bond donors (Lipinski definition) is 3. The van der Waals surface area contributed by atoms with Gasteiger partial charge in [0.2, 0.25) is 0 Å². The molecular weight excluding hydrogens is 272 g/mol. The van der Waals surface area contributed by atoms with Crippen molar-refractivity contribution in [3.05, 3.63) is 33.9 Å². The molecule has 0 aromatic heterocycles. The van der Waals surface area contributed by atoms with Gasteiger partial charge in [-0.15, -0.1) is 0 Å². The summed E-state index contributed by atoms with van der Waals surface area (Å²) in [6, 6.07) is 3.42. The number of carboxylic acid groups (broad SMARTS) is 1. The third-order valence-corrected chi connectivity index (χ3v) is 2.38. The Kier molecular flexibility index (Phi) is 4.98. The van der Waals surface area contributed by atoms with Crippen molar-refractivity contribution in [1.82, 2.24) is 5.32 Å². The lowest BCUT2D eigenvalue weighted by Crippen LogP contribution is -2.36. The minimum Gasteiger partial charge on any atom is -0.496 e. The first kappa shape index (κ1) is 15.4. The summed E-state index contributed by atoms with van der Waals surface area (Å²) < 4.78 is 4.89. The van der Waals surface area contributed by atoms with Gasteiger partial charge in [0, 0.05) is 12.1 Å². The molecule has 9 heteroatoms. The SMILES string of the molecule is COc1ccc([N+](=O)[O-])cc1C(=O)NC[C@H](O)C(=O)O. The number of rotatable bonds is 6. The van der Waals surface area contributed by atoms with Crippen molar-refractivity contribution in [2.75, 3.05) is 13.7 Å². The van der Waals surface area contributed by atoms with Gasteiger partial charge in [0.25, 0.3) is 11.6 Å². The van der Waals surface area contributed by atoms with Crippen molar-refractivity contribution in [3.63, 3.8) is 0 Å². The Hall–Kier alpha value is -2.68. The van der Waals surface area contributed by atoms with Gasteiger partial charge in [0.05, 0.1) is 24.1 Å². The zero-order valence-corrected chi connectivity index (χ0v) is 10.4. The van der Waals surface area contributed by atoms with E-state index in [2.05, 4.69) is 5.32 Å². The molecule has 0 aliphatic carbocycles. The van der Waals surface area contributed by atoms with Gasteiger partial charge in [0.1, 0.15) is 5.75 Å². The van der Waals surface area contributed by atoms with Gasteiger partial charge in [-0.1, -0.05) is 0 Å². The lowest BCUT2D eigenvalue weighted by Gasteiger charge is -2.10. The number of methoxy groups -OCH3 is 1. The number of hydrogen-bond acceptors (Lipinski definition) is 6. The number of carbonyl (C=O) groups is 2. The molecule has 0 fully saturated rings. The molecule has 9 nitrogen and oxygen atoms in total. The van der Waals surface area contributed by atoms with Crippen LogP contribution in [0.15, 0.2) is 18.2 Å². The molecule has 0 unspecified atom stereocenters. The number of non-ortho nitro benzene ring substituents is 1. The number of carbonyl (C=O) groups excluding carboxylic acids is 1. The van der Waals surface area contributed by atoms with Crippen molar-refractivity contribution in [3.8, 4) is 5.75 Å². The molecule has 0 saturated carbocycles. The van der Waals surface area contributed by atoms with E-state index in [-0.39, 0.29) is 17.0 Å². The molecule has 3 N–H and O–H groups in total. The van der Waals surface area contributed by atoms with Gasteiger partial charge in [0.15, 0.2) is 6.10 Å². The smallest absolute Gasteiger partial charge is 0.334 e. The molecule has 20 heavy (non-hydrogen) atoms. The van der Waals surface area contributed by atoms with Crippen molar-refractivity contribution in [2.45, 2.75) is 6.10 Å². The fraction of sp³-hybridized carbons (Fsp3) is 0.273. The number of carboxylic acids is 1. The number of aliphatic carboxylic acids is 1. The maximum atomic E-state index is 11.8. The van der Waals surface area contributed by atoms with E-state index >= 15 is 0 Å². The highest BCUT2D eigenvalue weighted by Crippen LogP contribution is 2.23. The number of ether oxygens (including phenoxy) is 1. The highest BCUT2D eigenvalue weighted by Gasteiger charge is 2.19. The summed E-state index contributed by atoms with van der Waals surface area (Å²) in [5, 5.41) is 30.3. The molecule has 0 heterocycles. The number of benzene rings is 1. The summed E-state index contributed by atoms with van der Waals surface area (Å²) in [5.41, 5.74) is -0.436. The molecule has 0 saturated heterocycles. The summed E-state index contributed by atoms with van der Waals surface area (Å²) in [6.07, 6.45) is -1.76. The highest BCUT2D eigenvalue weighted by molar-refractivity contribution is 5.97. The Labute approximate surface area is 112 Å². The molecule has 1 aromatic rings. The van der Waals surface area contributed by atoms with E-state index < -0.39 is 29.4 Å². The van der Waals surface area contributed by atoms with Gasteiger partial charge in [-0.3, -0.25) is 14.9 Å². The fourth-order valence-electron chi connectivity index (χ4n) is 1.36. The van der Waals surface area contributed by atoms with Crippen LogP contribution in [0.5, 0.6) is 5.75 Å². The summed E-state index contributed by atoms with van der Waals surface area (Å²) in [7, 11) is 1.28. The van der Waals surface area contributed by atoms with Crippen molar-refractivity contribution in [2.24, 2.45) is 0 Å². The summed E-state index contributed by atoms with van der Waals surface area (Å²) in [4.78, 5) is 32.2. The zero-order valence-electron chi connectivity index (χ0n) is 10.4. The summed E-state index contributed by atoms with van der Waals surface area (Å²) in [6.45, 7) is -0.528. The van der Waals surface area contributed by atoms with Crippen LogP contribution in [0.2, 0.25) is 0 Å². The first-order chi connectivity index (χ1) is 9.36. The monoisotopic (exact) mass is 284 g/mol. The van der Waals surface area contributed by atoms with E-state index in [1.54, 1.807) is 0 Å². The third-order valence-electron chi connectivity index (χ3n) is 2.38. The summed E-state index contributed by atoms with van der Waals surface area (Å²) in [5.74, 6) is -2.18. The summed E-state index contributed by atoms with van der Waals surface area (Å²) >= 11 is 0. The van der Waals surface area contributed by atoms with E-state index in [1.807, 2.05) is 0 Å². The largest absolute Gasteiger partial charge is 0.496 e. The molecule has 108 valence electrons. The van der Waals surface area contributed by atoms with Crippen LogP contribution in [0.25, 0.3) is 0 Å². The number of nitro groups is 1. The highest BCUT2D eigenvalue weighted by atomic mass is 16.6. The normalized spacial score (nSPS) is 11.5. The minimum absolute atomic E-state index is 0.0953. The van der Waals surface area contributed by atoms with Crippen LogP contribution in [0, 0.1) is 10.1 Å². The van der Waals surface area contributed by atoms with Crippen LogP contribution in [0.1, 0.15) is 10.4 Å². The number of nitrogens with one attached hydrogen (secondary N) is 1. The fourth-order valence-corrected chi connectivity index (χ4v) is 1.36. The topological polar surface area (TPSA) is 139 Å². The number of aliphatic hydroxyl groups is 1. The average Bonchev–Trinajstić information content (AvgIpc) is 2.43. The molecule has 1 aromatic carbocycles. The Bertz CT molecular complexity index is 544. The molecule has 0 radical (unpaired) electrons. The van der Waals surface area contributed by atoms with Crippen LogP contribution in [0.4, 0.5) is 5.69 Å². The molecule has 1 amide bonds. The van der Waals surface area contributed by atoms with E-state index in [0.29, 0.717) is 0 Å². The molecule has 0 aliphatic heterocycles. The van der Waals surface area contributed by atoms with E-state index in [4.69, 9.17) is 14.9 Å². The van der Waals surface area contributed by atoms with Gasteiger partial charge in [-0.05, 0) is 6.07 Å².